The Labute approximate surface area is 131 Å². The highest BCUT2D eigenvalue weighted by molar-refractivity contribution is 7.95. The molecule has 0 aliphatic rings. The second-order valence-corrected chi connectivity index (χ2v) is 6.91. The number of fused-ring (bicyclic) bond motifs is 1. The molecule has 2 aromatic carbocycles. The molecule has 0 aliphatic carbocycles. The molecule has 0 radical (unpaired) electrons. The van der Waals surface area contributed by atoms with Crippen LogP contribution in [0.4, 0.5) is 0 Å². The number of hydrogen-bond donors (Lipinski definition) is 0. The lowest BCUT2D eigenvalue weighted by Crippen LogP contribution is -2.30. The van der Waals surface area contributed by atoms with Crippen LogP contribution in [-0.2, 0) is 15.9 Å². The zero-order chi connectivity index (χ0) is 15.2. The van der Waals surface area contributed by atoms with Gasteiger partial charge in [0.2, 0.25) is 0 Å². The average molecular weight is 305 g/mol. The minimum absolute atomic E-state index is 0.240. The van der Waals surface area contributed by atoms with Gasteiger partial charge in [-0.15, -0.1) is 14.4 Å². The van der Waals surface area contributed by atoms with Crippen LogP contribution < -0.4 is 0 Å². The summed E-state index contributed by atoms with van der Waals surface area (Å²) in [6.45, 7) is 9.00. The van der Waals surface area contributed by atoms with Gasteiger partial charge < -0.3 is 0 Å². The molecule has 0 heterocycles. The van der Waals surface area contributed by atoms with Crippen molar-refractivity contribution in [2.75, 3.05) is 0 Å². The molecule has 2 rings (SSSR count). The first-order valence-corrected chi connectivity index (χ1v) is 8.11. The highest BCUT2D eigenvalue weighted by atomic mass is 32.2. The summed E-state index contributed by atoms with van der Waals surface area (Å²) < 4.78 is 5.22. The zero-order valence-corrected chi connectivity index (χ0v) is 13.9. The van der Waals surface area contributed by atoms with Crippen molar-refractivity contribution in [2.24, 2.45) is 0 Å². The minimum atomic E-state index is 0.240. The molecular weight excluding hydrogens is 282 g/mol. The van der Waals surface area contributed by atoms with Crippen LogP contribution in [0, 0.1) is 0 Å². The van der Waals surface area contributed by atoms with Crippen LogP contribution >= 0.6 is 12.0 Å². The summed E-state index contributed by atoms with van der Waals surface area (Å²) in [5, 5.41) is 4.72. The molecule has 0 N–H and O–H groups in total. The van der Waals surface area contributed by atoms with E-state index in [9.17, 15) is 0 Å². The van der Waals surface area contributed by atoms with Crippen LogP contribution in [0.25, 0.3) is 10.8 Å². The number of benzene rings is 2. The van der Waals surface area contributed by atoms with Crippen LogP contribution in [-0.4, -0.2) is 16.4 Å². The van der Waals surface area contributed by atoms with E-state index in [1.165, 1.54) is 28.4 Å². The smallest absolute Gasteiger partial charge is 0.0524 e. The molecule has 0 saturated carbocycles. The topological polar surface area (TPSA) is 21.7 Å². The van der Waals surface area contributed by atoms with Crippen molar-refractivity contribution in [3.8, 4) is 0 Å². The molecule has 0 aromatic heterocycles. The number of rotatable bonds is 7. The van der Waals surface area contributed by atoms with Gasteiger partial charge in [0.15, 0.2) is 0 Å². The lowest BCUT2D eigenvalue weighted by Gasteiger charge is -2.23. The van der Waals surface area contributed by atoms with Gasteiger partial charge in [-0.25, -0.2) is 0 Å². The summed E-state index contributed by atoms with van der Waals surface area (Å²) in [5.41, 5.74) is 1.21. The molecule has 2 aromatic rings. The molecule has 4 heteroatoms. The van der Waals surface area contributed by atoms with E-state index < -0.39 is 0 Å². The standard InChI is InChI=1S/C17H23NO2S/c1-13(2)18(19-20-21-14(3)4)12-15-9-10-16-7-5-6-8-17(16)11-15/h5-11,13-14H,12H2,1-4H3. The van der Waals surface area contributed by atoms with Crippen LogP contribution in [0.15, 0.2) is 42.5 Å². The van der Waals surface area contributed by atoms with E-state index in [4.69, 9.17) is 9.32 Å². The zero-order valence-electron chi connectivity index (χ0n) is 13.1. The summed E-state index contributed by atoms with van der Waals surface area (Å²) in [5.74, 6) is 0. The maximum absolute atomic E-state index is 5.43. The van der Waals surface area contributed by atoms with E-state index in [1.54, 1.807) is 0 Å². The normalized spacial score (nSPS) is 12.0. The van der Waals surface area contributed by atoms with Gasteiger partial charge in [0.25, 0.3) is 0 Å². The Morgan fingerprint density at radius 2 is 1.71 bits per heavy atom. The Morgan fingerprint density at radius 3 is 2.38 bits per heavy atom. The van der Waals surface area contributed by atoms with Crippen LogP contribution in [0.1, 0.15) is 33.3 Å². The first kappa shape index (κ1) is 16.3. The van der Waals surface area contributed by atoms with Crippen molar-refractivity contribution in [3.05, 3.63) is 48.0 Å². The van der Waals surface area contributed by atoms with E-state index in [2.05, 4.69) is 70.2 Å². The van der Waals surface area contributed by atoms with Gasteiger partial charge in [-0.05, 0) is 36.2 Å². The average Bonchev–Trinajstić information content (AvgIpc) is 2.45. The van der Waals surface area contributed by atoms with Crippen molar-refractivity contribution < 1.29 is 9.32 Å². The van der Waals surface area contributed by atoms with Gasteiger partial charge in [-0.2, -0.15) is 0 Å². The summed E-state index contributed by atoms with van der Waals surface area (Å²) in [6, 6.07) is 15.1. The van der Waals surface area contributed by atoms with Crippen molar-refractivity contribution in [3.63, 3.8) is 0 Å². The van der Waals surface area contributed by atoms with E-state index in [0.29, 0.717) is 11.8 Å². The van der Waals surface area contributed by atoms with Crippen LogP contribution in [0.2, 0.25) is 0 Å². The first-order valence-electron chi connectivity index (χ1n) is 7.30. The highest BCUT2D eigenvalue weighted by Gasteiger charge is 2.13. The van der Waals surface area contributed by atoms with E-state index in [-0.39, 0.29) is 6.04 Å². The quantitative estimate of drug-likeness (QED) is 0.409. The third kappa shape index (κ3) is 5.00. The fourth-order valence-electron chi connectivity index (χ4n) is 1.95. The molecule has 3 nitrogen and oxygen atoms in total. The second-order valence-electron chi connectivity index (χ2n) is 5.64. The van der Waals surface area contributed by atoms with Crippen molar-refractivity contribution in [1.29, 1.82) is 0 Å². The van der Waals surface area contributed by atoms with Gasteiger partial charge in [0, 0.05) is 23.3 Å². The SMILES string of the molecule is CC(C)SOON(Cc1ccc2ccccc2c1)C(C)C. The Morgan fingerprint density at radius 1 is 1.00 bits per heavy atom. The summed E-state index contributed by atoms with van der Waals surface area (Å²) in [6.07, 6.45) is 0. The molecule has 0 fully saturated rings. The fraction of sp³-hybridized carbons (Fsp3) is 0.412. The molecule has 0 amide bonds. The molecular formula is C17H23NO2S. The largest absolute Gasteiger partial charge is 0.149 e. The van der Waals surface area contributed by atoms with Gasteiger partial charge >= 0.3 is 0 Å². The molecule has 21 heavy (non-hydrogen) atoms. The van der Waals surface area contributed by atoms with E-state index in [1.807, 2.05) is 5.06 Å². The Hall–Kier alpha value is -1.07. The molecule has 114 valence electrons. The van der Waals surface area contributed by atoms with E-state index in [0.717, 1.165) is 0 Å². The third-order valence-electron chi connectivity index (χ3n) is 3.09. The summed E-state index contributed by atoms with van der Waals surface area (Å²) >= 11 is 1.33. The number of hydrogen-bond acceptors (Lipinski definition) is 4. The molecule has 0 saturated heterocycles. The Balaban J connectivity index is 2.04. The van der Waals surface area contributed by atoms with Gasteiger partial charge in [0.1, 0.15) is 0 Å². The summed E-state index contributed by atoms with van der Waals surface area (Å²) in [7, 11) is 0. The lowest BCUT2D eigenvalue weighted by atomic mass is 10.1. The maximum Gasteiger partial charge on any atom is 0.0524 e. The predicted octanol–water partition coefficient (Wildman–Crippen LogP) is 4.97. The molecule has 0 unspecified atom stereocenters. The number of nitrogens with zero attached hydrogens (tertiary/aromatic N) is 1. The predicted molar refractivity (Wildman–Crippen MR) is 89.5 cm³/mol. The third-order valence-corrected chi connectivity index (χ3v) is 3.61. The highest BCUT2D eigenvalue weighted by Crippen LogP contribution is 2.19. The van der Waals surface area contributed by atoms with Gasteiger partial charge in [0.05, 0.1) is 6.54 Å². The number of hydroxylamine groups is 2. The molecule has 0 atom stereocenters. The fourth-order valence-corrected chi connectivity index (χ4v) is 2.22. The monoisotopic (exact) mass is 305 g/mol. The van der Waals surface area contributed by atoms with Gasteiger partial charge in [-0.3, -0.25) is 0 Å². The van der Waals surface area contributed by atoms with Gasteiger partial charge in [-0.1, -0.05) is 50.2 Å². The minimum Gasteiger partial charge on any atom is -0.149 e. The van der Waals surface area contributed by atoms with Crippen molar-refractivity contribution >= 4 is 22.8 Å². The molecule has 0 aliphatic heterocycles. The molecule has 0 bridgehead atoms. The van der Waals surface area contributed by atoms with Crippen molar-refractivity contribution in [2.45, 2.75) is 45.5 Å². The Bertz CT molecular complexity index is 571. The molecule has 0 spiro atoms. The van der Waals surface area contributed by atoms with E-state index >= 15 is 0 Å². The first-order chi connectivity index (χ1) is 10.1. The second kappa shape index (κ2) is 7.80. The maximum atomic E-state index is 5.43. The lowest BCUT2D eigenvalue weighted by molar-refractivity contribution is -0.375. The Kier molecular flexibility index (Phi) is 6.06. The van der Waals surface area contributed by atoms with Crippen LogP contribution in [0.5, 0.6) is 0 Å². The summed E-state index contributed by atoms with van der Waals surface area (Å²) in [4.78, 5) is 5.43. The van der Waals surface area contributed by atoms with Crippen LogP contribution in [0.3, 0.4) is 0 Å². The van der Waals surface area contributed by atoms with Crippen molar-refractivity contribution in [1.82, 2.24) is 5.06 Å².